The Hall–Kier alpha value is -2.62. The Morgan fingerprint density at radius 2 is 1.96 bits per heavy atom. The zero-order valence-corrected chi connectivity index (χ0v) is 15.4. The highest BCUT2D eigenvalue weighted by Gasteiger charge is 2.31. The van der Waals surface area contributed by atoms with E-state index in [-0.39, 0.29) is 17.3 Å². The van der Waals surface area contributed by atoms with E-state index in [1.165, 1.54) is 6.07 Å². The minimum atomic E-state index is -3.68. The summed E-state index contributed by atoms with van der Waals surface area (Å²) in [7, 11) is -3.68. The topological polar surface area (TPSA) is 126 Å². The lowest BCUT2D eigenvalue weighted by atomic mass is 10.1. The van der Waals surface area contributed by atoms with Crippen LogP contribution in [0.25, 0.3) is 0 Å². The third-order valence-electron chi connectivity index (χ3n) is 3.64. The smallest absolute Gasteiger partial charge is 0.426 e. The molecule has 1 aromatic carbocycles. The zero-order chi connectivity index (χ0) is 19.2. The van der Waals surface area contributed by atoms with Gasteiger partial charge < -0.3 is 4.74 Å². The molecule has 9 nitrogen and oxygen atoms in total. The molecule has 0 saturated heterocycles. The van der Waals surface area contributed by atoms with Gasteiger partial charge in [0.2, 0.25) is 0 Å². The third-order valence-corrected chi connectivity index (χ3v) is 5.04. The van der Waals surface area contributed by atoms with E-state index in [2.05, 4.69) is 25.3 Å². The van der Waals surface area contributed by atoms with Crippen LogP contribution in [0.5, 0.6) is 0 Å². The molecular weight excluding hydrogens is 360 g/mol. The Balaban J connectivity index is 2.21. The van der Waals surface area contributed by atoms with E-state index in [0.717, 1.165) is 6.42 Å². The maximum Gasteiger partial charge on any atom is 0.426 e. The molecule has 142 valence electrons. The van der Waals surface area contributed by atoms with Crippen LogP contribution in [0.3, 0.4) is 0 Å². The van der Waals surface area contributed by atoms with Crippen molar-refractivity contribution in [3.05, 3.63) is 29.8 Å². The number of carbonyl (C=O) groups is 2. The van der Waals surface area contributed by atoms with E-state index in [4.69, 9.17) is 0 Å². The number of carbonyl (C=O) groups excluding carboxylic acids is 2. The van der Waals surface area contributed by atoms with Crippen LogP contribution in [-0.2, 0) is 19.6 Å². The number of ether oxygens (including phenoxy) is 1. The average molecular weight is 382 g/mol. The van der Waals surface area contributed by atoms with Gasteiger partial charge in [-0.2, -0.15) is 0 Å². The van der Waals surface area contributed by atoms with Gasteiger partial charge >= 0.3 is 6.09 Å². The van der Waals surface area contributed by atoms with E-state index in [9.17, 15) is 18.0 Å². The molecule has 10 heteroatoms. The summed E-state index contributed by atoms with van der Waals surface area (Å²) >= 11 is 0. The normalized spacial score (nSPS) is 17.1. The number of hydrogen-bond donors (Lipinski definition) is 3. The third kappa shape index (κ3) is 4.72. The lowest BCUT2D eigenvalue weighted by molar-refractivity contribution is -0.123. The number of rotatable bonds is 6. The van der Waals surface area contributed by atoms with Crippen molar-refractivity contribution in [1.29, 1.82) is 0 Å². The van der Waals surface area contributed by atoms with Crippen LogP contribution in [-0.4, -0.2) is 38.9 Å². The van der Waals surface area contributed by atoms with Gasteiger partial charge in [0.1, 0.15) is 11.9 Å². The number of benzene rings is 1. The molecule has 1 atom stereocenters. The predicted octanol–water partition coefficient (Wildman–Crippen LogP) is 1.06. The number of amidine groups is 1. The van der Waals surface area contributed by atoms with E-state index in [1.54, 1.807) is 25.1 Å². The summed E-state index contributed by atoms with van der Waals surface area (Å²) in [5, 5.41) is 0. The first-order valence-corrected chi connectivity index (χ1v) is 9.80. The van der Waals surface area contributed by atoms with Gasteiger partial charge in [-0.25, -0.2) is 18.6 Å². The van der Waals surface area contributed by atoms with Crippen LogP contribution in [0.1, 0.15) is 38.7 Å². The molecule has 1 heterocycles. The maximum atomic E-state index is 12.4. The van der Waals surface area contributed by atoms with Gasteiger partial charge in [0.15, 0.2) is 0 Å². The quantitative estimate of drug-likeness (QED) is 0.634. The summed E-state index contributed by atoms with van der Waals surface area (Å²) in [6, 6.07) is 5.55. The van der Waals surface area contributed by atoms with Crippen LogP contribution in [0.15, 0.2) is 34.2 Å². The second-order valence-electron chi connectivity index (χ2n) is 5.57. The number of unbranched alkanes of at least 4 members (excludes halogenated alkanes) is 1. The Morgan fingerprint density at radius 3 is 2.65 bits per heavy atom. The summed E-state index contributed by atoms with van der Waals surface area (Å²) in [5.74, 6) is -0.435. The summed E-state index contributed by atoms with van der Waals surface area (Å²) in [6.45, 7) is 3.77. The largest absolute Gasteiger partial charge is 0.449 e. The standard InChI is InChI=1S/C16H22N4O5S/c1-3-5-9-12(15(21)18-19-16(22)25-4-2)17-14-11-8-6-7-10-13(11)26(23,24)20-14/h6-8,10,12H,3-5,9H2,1-2H3,(H,17,20)(H,18,21)(H,19,22). The molecule has 1 aromatic rings. The highest BCUT2D eigenvalue weighted by Crippen LogP contribution is 2.23. The van der Waals surface area contributed by atoms with Gasteiger partial charge in [0.25, 0.3) is 15.9 Å². The molecule has 0 spiro atoms. The van der Waals surface area contributed by atoms with Gasteiger partial charge in [0.05, 0.1) is 11.5 Å². The maximum absolute atomic E-state index is 12.4. The van der Waals surface area contributed by atoms with Crippen molar-refractivity contribution < 1.29 is 22.7 Å². The van der Waals surface area contributed by atoms with E-state index >= 15 is 0 Å². The molecule has 26 heavy (non-hydrogen) atoms. The molecular formula is C16H22N4O5S. The molecule has 3 N–H and O–H groups in total. The highest BCUT2D eigenvalue weighted by atomic mass is 32.2. The molecule has 0 aromatic heterocycles. The lowest BCUT2D eigenvalue weighted by Gasteiger charge is -2.14. The second-order valence-corrected chi connectivity index (χ2v) is 7.22. The second kappa shape index (κ2) is 8.65. The van der Waals surface area contributed by atoms with Crippen LogP contribution < -0.4 is 15.6 Å². The number of fused-ring (bicyclic) bond motifs is 1. The molecule has 0 radical (unpaired) electrons. The first kappa shape index (κ1) is 19.7. The molecule has 0 fully saturated rings. The zero-order valence-electron chi connectivity index (χ0n) is 14.6. The number of aliphatic imine (C=N–C) groups is 1. The SMILES string of the molecule is CCCCC(N=C1NS(=O)(=O)c2ccccc21)C(=O)NNC(=O)OCC. The van der Waals surface area contributed by atoms with Crippen molar-refractivity contribution in [1.82, 2.24) is 15.6 Å². The summed E-state index contributed by atoms with van der Waals surface area (Å²) in [4.78, 5) is 28.1. The Kier molecular flexibility index (Phi) is 6.56. The van der Waals surface area contributed by atoms with Gasteiger partial charge in [-0.3, -0.25) is 19.9 Å². The number of hydrazine groups is 1. The van der Waals surface area contributed by atoms with Crippen LogP contribution >= 0.6 is 0 Å². The number of amides is 2. The van der Waals surface area contributed by atoms with Crippen molar-refractivity contribution >= 4 is 27.9 Å². The van der Waals surface area contributed by atoms with E-state index in [0.29, 0.717) is 18.4 Å². The minimum Gasteiger partial charge on any atom is -0.449 e. The van der Waals surface area contributed by atoms with Gasteiger partial charge in [-0.05, 0) is 25.5 Å². The summed E-state index contributed by atoms with van der Waals surface area (Å²) in [5.41, 5.74) is 4.80. The summed E-state index contributed by atoms with van der Waals surface area (Å²) < 4.78 is 31.3. The van der Waals surface area contributed by atoms with E-state index in [1.807, 2.05) is 6.92 Å². The molecule has 1 unspecified atom stereocenters. The molecule has 2 amide bonds. The minimum absolute atomic E-state index is 0.119. The van der Waals surface area contributed by atoms with Gasteiger partial charge in [0, 0.05) is 5.56 Å². The van der Waals surface area contributed by atoms with Crippen molar-refractivity contribution in [2.45, 2.75) is 44.0 Å². The van der Waals surface area contributed by atoms with Crippen molar-refractivity contribution in [2.24, 2.45) is 4.99 Å². The molecule has 1 aliphatic rings. The Bertz CT molecular complexity index is 807. The van der Waals surface area contributed by atoms with Crippen LogP contribution in [0, 0.1) is 0 Å². The average Bonchev–Trinajstić information content (AvgIpc) is 2.87. The number of nitrogens with one attached hydrogen (secondary N) is 3. The van der Waals surface area contributed by atoms with Crippen molar-refractivity contribution in [2.75, 3.05) is 6.61 Å². The number of hydrogen-bond acceptors (Lipinski definition) is 6. The molecule has 1 aliphatic heterocycles. The molecule has 0 bridgehead atoms. The fourth-order valence-corrected chi connectivity index (χ4v) is 3.64. The number of sulfonamides is 1. The van der Waals surface area contributed by atoms with Crippen molar-refractivity contribution in [3.8, 4) is 0 Å². The molecule has 2 rings (SSSR count). The fourth-order valence-electron chi connectivity index (χ4n) is 2.40. The van der Waals surface area contributed by atoms with Crippen LogP contribution in [0.2, 0.25) is 0 Å². The van der Waals surface area contributed by atoms with Gasteiger partial charge in [-0.15, -0.1) is 0 Å². The van der Waals surface area contributed by atoms with Crippen molar-refractivity contribution in [3.63, 3.8) is 0 Å². The van der Waals surface area contributed by atoms with Crippen LogP contribution in [0.4, 0.5) is 4.79 Å². The highest BCUT2D eigenvalue weighted by molar-refractivity contribution is 7.90. The summed E-state index contributed by atoms with van der Waals surface area (Å²) in [6.07, 6.45) is 1.17. The predicted molar refractivity (Wildman–Crippen MR) is 94.9 cm³/mol. The first-order valence-electron chi connectivity index (χ1n) is 8.31. The lowest BCUT2D eigenvalue weighted by Crippen LogP contribution is -2.46. The fraction of sp³-hybridized carbons (Fsp3) is 0.438. The van der Waals surface area contributed by atoms with E-state index < -0.39 is 28.1 Å². The Labute approximate surface area is 152 Å². The number of nitrogens with zero attached hydrogens (tertiary/aromatic N) is 1. The Morgan fingerprint density at radius 1 is 1.23 bits per heavy atom. The molecule has 0 saturated carbocycles. The monoisotopic (exact) mass is 382 g/mol. The van der Waals surface area contributed by atoms with Gasteiger partial charge in [-0.1, -0.05) is 31.9 Å². The first-order chi connectivity index (χ1) is 12.4. The molecule has 0 aliphatic carbocycles.